The first kappa shape index (κ1) is 16.6. The summed E-state index contributed by atoms with van der Waals surface area (Å²) >= 11 is 5.99. The molecule has 120 valence electrons. The highest BCUT2D eigenvalue weighted by molar-refractivity contribution is 6.31. The average molecular weight is 334 g/mol. The van der Waals surface area contributed by atoms with Gasteiger partial charge < -0.3 is 15.2 Å². The average Bonchev–Trinajstić information content (AvgIpc) is 2.53. The van der Waals surface area contributed by atoms with Crippen LogP contribution in [-0.2, 0) is 0 Å². The number of nitrogens with zero attached hydrogens (tertiary/aromatic N) is 1. The van der Waals surface area contributed by atoms with Crippen LogP contribution in [0.2, 0.25) is 5.02 Å². The van der Waals surface area contributed by atoms with Gasteiger partial charge in [-0.15, -0.1) is 0 Å². The highest BCUT2D eigenvalue weighted by Gasteiger charge is 2.05. The van der Waals surface area contributed by atoms with Gasteiger partial charge in [0.05, 0.1) is 13.3 Å². The van der Waals surface area contributed by atoms with Crippen molar-refractivity contribution in [2.24, 2.45) is 5.10 Å². The summed E-state index contributed by atoms with van der Waals surface area (Å²) in [6.07, 6.45) is 1.44. The number of methoxy groups -OCH3 is 1. The van der Waals surface area contributed by atoms with E-state index >= 15 is 0 Å². The van der Waals surface area contributed by atoms with Crippen molar-refractivity contribution in [2.45, 2.75) is 6.92 Å². The predicted molar refractivity (Wildman–Crippen MR) is 90.6 cm³/mol. The largest absolute Gasteiger partial charge is 0.504 e. The Morgan fingerprint density at radius 1 is 1.35 bits per heavy atom. The van der Waals surface area contributed by atoms with Crippen LogP contribution in [0.5, 0.6) is 11.5 Å². The fraction of sp³-hybridized carbons (Fsp3) is 0.125. The number of halogens is 1. The number of hydrazone groups is 1. The number of nitrogens with one attached hydrogen (secondary N) is 2. The van der Waals surface area contributed by atoms with Crippen molar-refractivity contribution in [1.29, 1.82) is 0 Å². The molecule has 6 nitrogen and oxygen atoms in total. The number of hydrogen-bond donors (Lipinski definition) is 3. The van der Waals surface area contributed by atoms with Gasteiger partial charge in [-0.2, -0.15) is 5.10 Å². The number of phenolic OH excluding ortho intramolecular Hbond substituents is 1. The third kappa shape index (κ3) is 4.37. The van der Waals surface area contributed by atoms with Crippen LogP contribution in [0.3, 0.4) is 0 Å². The van der Waals surface area contributed by atoms with Crippen molar-refractivity contribution in [1.82, 2.24) is 5.43 Å². The van der Waals surface area contributed by atoms with Gasteiger partial charge in [0.25, 0.3) is 0 Å². The van der Waals surface area contributed by atoms with E-state index in [1.165, 1.54) is 19.4 Å². The molecule has 2 aromatic carbocycles. The number of hydrogen-bond acceptors (Lipinski definition) is 4. The lowest BCUT2D eigenvalue weighted by molar-refractivity contribution is 0.252. The summed E-state index contributed by atoms with van der Waals surface area (Å²) in [6, 6.07) is 9.47. The number of benzene rings is 2. The Labute approximate surface area is 138 Å². The lowest BCUT2D eigenvalue weighted by atomic mass is 10.2. The van der Waals surface area contributed by atoms with E-state index in [0.717, 1.165) is 5.56 Å². The molecule has 0 bridgehead atoms. The summed E-state index contributed by atoms with van der Waals surface area (Å²) < 4.78 is 4.99. The minimum Gasteiger partial charge on any atom is -0.504 e. The van der Waals surface area contributed by atoms with Crippen molar-refractivity contribution in [3.05, 3.63) is 52.5 Å². The molecule has 2 aromatic rings. The highest BCUT2D eigenvalue weighted by Crippen LogP contribution is 2.25. The zero-order valence-electron chi connectivity index (χ0n) is 12.6. The Kier molecular flexibility index (Phi) is 5.43. The molecule has 0 aliphatic rings. The molecule has 0 heterocycles. The summed E-state index contributed by atoms with van der Waals surface area (Å²) in [7, 11) is 1.45. The second-order valence-corrected chi connectivity index (χ2v) is 5.08. The molecule has 0 radical (unpaired) electrons. The smallest absolute Gasteiger partial charge is 0.339 e. The Morgan fingerprint density at radius 3 is 2.87 bits per heavy atom. The summed E-state index contributed by atoms with van der Waals surface area (Å²) in [6.45, 7) is 1.81. The Hall–Kier alpha value is -2.73. The van der Waals surface area contributed by atoms with Crippen molar-refractivity contribution < 1.29 is 14.6 Å². The number of urea groups is 1. The molecule has 0 fully saturated rings. The van der Waals surface area contributed by atoms with E-state index in [4.69, 9.17) is 16.3 Å². The van der Waals surface area contributed by atoms with Crippen molar-refractivity contribution in [3.63, 3.8) is 0 Å². The van der Waals surface area contributed by atoms with E-state index in [1.807, 2.05) is 6.92 Å². The van der Waals surface area contributed by atoms with Crippen LogP contribution in [0.1, 0.15) is 11.1 Å². The Balaban J connectivity index is 1.97. The molecular formula is C16H16ClN3O3. The summed E-state index contributed by atoms with van der Waals surface area (Å²) in [5.74, 6) is 0.361. The van der Waals surface area contributed by atoms with E-state index in [2.05, 4.69) is 15.8 Å². The second-order valence-electron chi connectivity index (χ2n) is 4.67. The molecule has 0 saturated heterocycles. The SMILES string of the molecule is COc1cc(/C=N\NC(=O)Nc2cccc(Cl)c2C)ccc1O. The van der Waals surface area contributed by atoms with Crippen molar-refractivity contribution >= 4 is 29.5 Å². The molecule has 23 heavy (non-hydrogen) atoms. The number of amides is 2. The first-order valence-corrected chi connectivity index (χ1v) is 7.11. The Morgan fingerprint density at radius 2 is 2.13 bits per heavy atom. The third-order valence-corrected chi connectivity index (χ3v) is 3.51. The topological polar surface area (TPSA) is 83.0 Å². The Bertz CT molecular complexity index is 747. The number of rotatable bonds is 4. The molecule has 3 N–H and O–H groups in total. The fourth-order valence-electron chi connectivity index (χ4n) is 1.83. The van der Waals surface area contributed by atoms with Gasteiger partial charge in [0, 0.05) is 10.7 Å². The molecule has 7 heteroatoms. The minimum absolute atomic E-state index is 0.0341. The van der Waals surface area contributed by atoms with E-state index in [-0.39, 0.29) is 5.75 Å². The highest BCUT2D eigenvalue weighted by atomic mass is 35.5. The maximum atomic E-state index is 11.8. The van der Waals surface area contributed by atoms with Gasteiger partial charge in [0.1, 0.15) is 0 Å². The maximum Gasteiger partial charge on any atom is 0.339 e. The minimum atomic E-state index is -0.489. The zero-order chi connectivity index (χ0) is 16.8. The first-order valence-electron chi connectivity index (χ1n) is 6.73. The van der Waals surface area contributed by atoms with Crippen LogP contribution >= 0.6 is 11.6 Å². The van der Waals surface area contributed by atoms with Gasteiger partial charge in [-0.05, 0) is 48.4 Å². The third-order valence-electron chi connectivity index (χ3n) is 3.10. The molecule has 0 aliphatic carbocycles. The van der Waals surface area contributed by atoms with Crippen molar-refractivity contribution in [3.8, 4) is 11.5 Å². The molecule has 2 amide bonds. The van der Waals surface area contributed by atoms with Crippen LogP contribution in [0.4, 0.5) is 10.5 Å². The van der Waals surface area contributed by atoms with Crippen LogP contribution in [0, 0.1) is 6.92 Å². The maximum absolute atomic E-state index is 11.8. The number of aromatic hydroxyl groups is 1. The fourth-order valence-corrected chi connectivity index (χ4v) is 2.01. The van der Waals surface area contributed by atoms with Gasteiger partial charge >= 0.3 is 6.03 Å². The van der Waals surface area contributed by atoms with Gasteiger partial charge in [0.15, 0.2) is 11.5 Å². The van der Waals surface area contributed by atoms with Crippen LogP contribution in [-0.4, -0.2) is 24.5 Å². The summed E-state index contributed by atoms with van der Waals surface area (Å²) in [5.41, 5.74) is 4.40. The van der Waals surface area contributed by atoms with E-state index in [1.54, 1.807) is 30.3 Å². The molecule has 0 aliphatic heterocycles. The molecule has 0 atom stereocenters. The summed E-state index contributed by atoms with van der Waals surface area (Å²) in [4.78, 5) is 11.8. The van der Waals surface area contributed by atoms with E-state index in [9.17, 15) is 9.90 Å². The predicted octanol–water partition coefficient (Wildman–Crippen LogP) is 3.52. The summed E-state index contributed by atoms with van der Waals surface area (Å²) in [5, 5.41) is 16.6. The van der Waals surface area contributed by atoms with Gasteiger partial charge in [-0.1, -0.05) is 17.7 Å². The molecule has 0 aromatic heterocycles. The number of phenols is 1. The monoisotopic (exact) mass is 333 g/mol. The normalized spacial score (nSPS) is 10.6. The van der Waals surface area contributed by atoms with Crippen LogP contribution < -0.4 is 15.5 Å². The van der Waals surface area contributed by atoms with Gasteiger partial charge in [-0.25, -0.2) is 10.2 Å². The number of anilines is 1. The zero-order valence-corrected chi connectivity index (χ0v) is 13.4. The molecule has 0 spiro atoms. The lowest BCUT2D eigenvalue weighted by Crippen LogP contribution is -2.24. The molecule has 0 unspecified atom stereocenters. The van der Waals surface area contributed by atoms with E-state index in [0.29, 0.717) is 22.0 Å². The lowest BCUT2D eigenvalue weighted by Gasteiger charge is -2.08. The number of carbonyl (C=O) groups excluding carboxylic acids is 1. The number of ether oxygens (including phenoxy) is 1. The number of carbonyl (C=O) groups is 1. The van der Waals surface area contributed by atoms with Crippen LogP contribution in [0.15, 0.2) is 41.5 Å². The van der Waals surface area contributed by atoms with Crippen molar-refractivity contribution in [2.75, 3.05) is 12.4 Å². The molecular weight excluding hydrogens is 318 g/mol. The van der Waals surface area contributed by atoms with E-state index < -0.39 is 6.03 Å². The van der Waals surface area contributed by atoms with Gasteiger partial charge in [-0.3, -0.25) is 0 Å². The van der Waals surface area contributed by atoms with Gasteiger partial charge in [0.2, 0.25) is 0 Å². The van der Waals surface area contributed by atoms with Crippen LogP contribution in [0.25, 0.3) is 0 Å². The first-order chi connectivity index (χ1) is 11.0. The molecule has 0 saturated carbocycles. The molecule has 2 rings (SSSR count). The second kappa shape index (κ2) is 7.51. The standard InChI is InChI=1S/C16H16ClN3O3/c1-10-12(17)4-3-5-13(10)19-16(22)20-18-9-11-6-7-14(21)15(8-11)23-2/h3-9,21H,1-2H3,(H2,19,20,22)/b18-9-. The quantitative estimate of drug-likeness (QED) is 0.591.